The number of hydrogen-bond acceptors (Lipinski definition) is 6. The van der Waals surface area contributed by atoms with Crippen molar-refractivity contribution < 1.29 is 0 Å². The summed E-state index contributed by atoms with van der Waals surface area (Å²) in [5, 5.41) is 8.80. The molecule has 1 heterocycles. The fourth-order valence-electron chi connectivity index (χ4n) is 1.11. The molecule has 0 saturated carbocycles. The Labute approximate surface area is 101 Å². The summed E-state index contributed by atoms with van der Waals surface area (Å²) in [5.41, 5.74) is 7.07. The molecule has 80 valence electrons. The van der Waals surface area contributed by atoms with Crippen LogP contribution in [0.5, 0.6) is 0 Å². The van der Waals surface area contributed by atoms with Crippen molar-refractivity contribution in [2.24, 2.45) is 0 Å². The van der Waals surface area contributed by atoms with E-state index < -0.39 is 0 Å². The molecular formula is C10H8N4S2. The van der Waals surface area contributed by atoms with E-state index in [1.165, 1.54) is 23.3 Å². The standard InChI is InChI=1S/C10H8N4S2/c1-6-13-10(16-14-6)15-9-4-7(5-11)2-3-8(9)12/h2-4H,12H2,1H3. The van der Waals surface area contributed by atoms with E-state index in [4.69, 9.17) is 11.0 Å². The SMILES string of the molecule is Cc1nsc(Sc2cc(C#N)ccc2N)n1. The molecule has 4 nitrogen and oxygen atoms in total. The van der Waals surface area contributed by atoms with Gasteiger partial charge in [0, 0.05) is 10.6 Å². The predicted octanol–water partition coefficient (Wildman–Crippen LogP) is 2.45. The second kappa shape index (κ2) is 4.51. The van der Waals surface area contributed by atoms with E-state index in [0.717, 1.165) is 15.1 Å². The smallest absolute Gasteiger partial charge is 0.174 e. The van der Waals surface area contributed by atoms with Gasteiger partial charge in [-0.05, 0) is 36.7 Å². The van der Waals surface area contributed by atoms with Crippen LogP contribution in [-0.4, -0.2) is 9.36 Å². The molecule has 1 aromatic carbocycles. The minimum Gasteiger partial charge on any atom is -0.398 e. The lowest BCUT2D eigenvalue weighted by molar-refractivity contribution is 1.10. The van der Waals surface area contributed by atoms with Gasteiger partial charge in [-0.2, -0.15) is 9.64 Å². The van der Waals surface area contributed by atoms with E-state index in [1.807, 2.05) is 6.92 Å². The van der Waals surface area contributed by atoms with Crippen LogP contribution in [0.1, 0.15) is 11.4 Å². The van der Waals surface area contributed by atoms with Crippen molar-refractivity contribution in [3.63, 3.8) is 0 Å². The highest BCUT2D eigenvalue weighted by atomic mass is 32.2. The van der Waals surface area contributed by atoms with Crippen LogP contribution in [0.3, 0.4) is 0 Å². The number of hydrogen-bond donors (Lipinski definition) is 1. The summed E-state index contributed by atoms with van der Waals surface area (Å²) in [6, 6.07) is 7.27. The molecule has 0 aliphatic carbocycles. The Morgan fingerprint density at radius 1 is 1.50 bits per heavy atom. The average molecular weight is 248 g/mol. The molecular weight excluding hydrogens is 240 g/mol. The maximum Gasteiger partial charge on any atom is 0.174 e. The average Bonchev–Trinajstić information content (AvgIpc) is 2.67. The Hall–Kier alpha value is -1.58. The molecule has 16 heavy (non-hydrogen) atoms. The Bertz CT molecular complexity index is 556. The molecule has 0 amide bonds. The van der Waals surface area contributed by atoms with E-state index in [2.05, 4.69) is 15.4 Å². The molecule has 0 atom stereocenters. The van der Waals surface area contributed by atoms with Gasteiger partial charge in [0.25, 0.3) is 0 Å². The lowest BCUT2D eigenvalue weighted by atomic mass is 10.2. The second-order valence-corrected chi connectivity index (χ2v) is 5.11. The minimum absolute atomic E-state index is 0.595. The van der Waals surface area contributed by atoms with E-state index in [0.29, 0.717) is 11.3 Å². The summed E-state index contributed by atoms with van der Waals surface area (Å²) >= 11 is 2.76. The Kier molecular flexibility index (Phi) is 3.08. The number of nitrogen functional groups attached to an aromatic ring is 1. The zero-order valence-corrected chi connectivity index (χ0v) is 10.1. The van der Waals surface area contributed by atoms with E-state index in [9.17, 15) is 0 Å². The van der Waals surface area contributed by atoms with Gasteiger partial charge < -0.3 is 5.73 Å². The molecule has 0 unspecified atom stereocenters. The van der Waals surface area contributed by atoms with E-state index in [-0.39, 0.29) is 0 Å². The number of rotatable bonds is 2. The monoisotopic (exact) mass is 248 g/mol. The topological polar surface area (TPSA) is 75.6 Å². The van der Waals surface area contributed by atoms with E-state index >= 15 is 0 Å². The van der Waals surface area contributed by atoms with Gasteiger partial charge in [-0.15, -0.1) is 0 Å². The van der Waals surface area contributed by atoms with Gasteiger partial charge in [0.2, 0.25) is 0 Å². The van der Waals surface area contributed by atoms with Crippen LogP contribution in [0.15, 0.2) is 27.4 Å². The fraction of sp³-hybridized carbons (Fsp3) is 0.100. The van der Waals surface area contributed by atoms with Crippen LogP contribution in [0.4, 0.5) is 5.69 Å². The third kappa shape index (κ3) is 2.32. The Balaban J connectivity index is 2.30. The number of nitriles is 1. The molecule has 2 N–H and O–H groups in total. The highest BCUT2D eigenvalue weighted by Gasteiger charge is 2.07. The van der Waals surface area contributed by atoms with Crippen molar-refractivity contribution in [1.82, 2.24) is 9.36 Å². The molecule has 0 aliphatic heterocycles. The van der Waals surface area contributed by atoms with Gasteiger partial charge in [-0.25, -0.2) is 4.98 Å². The van der Waals surface area contributed by atoms with Crippen LogP contribution in [-0.2, 0) is 0 Å². The van der Waals surface area contributed by atoms with Crippen LogP contribution >= 0.6 is 23.3 Å². The fourth-order valence-corrected chi connectivity index (χ4v) is 2.80. The van der Waals surface area contributed by atoms with Crippen molar-refractivity contribution in [1.29, 1.82) is 5.26 Å². The van der Waals surface area contributed by atoms with Crippen LogP contribution < -0.4 is 5.73 Å². The summed E-state index contributed by atoms with van der Waals surface area (Å²) in [6.07, 6.45) is 0. The molecule has 2 rings (SSSR count). The quantitative estimate of drug-likeness (QED) is 0.826. The lowest BCUT2D eigenvalue weighted by Gasteiger charge is -2.02. The number of aromatic nitrogens is 2. The van der Waals surface area contributed by atoms with Crippen LogP contribution in [0.25, 0.3) is 0 Å². The van der Waals surface area contributed by atoms with Gasteiger partial charge in [0.15, 0.2) is 4.34 Å². The second-order valence-electron chi connectivity index (χ2n) is 3.07. The van der Waals surface area contributed by atoms with E-state index in [1.54, 1.807) is 18.2 Å². The summed E-state index contributed by atoms with van der Waals surface area (Å²) in [6.45, 7) is 1.84. The summed E-state index contributed by atoms with van der Waals surface area (Å²) in [4.78, 5) is 5.08. The lowest BCUT2D eigenvalue weighted by Crippen LogP contribution is -1.89. The molecule has 0 saturated heterocycles. The van der Waals surface area contributed by atoms with Gasteiger partial charge in [-0.3, -0.25) is 0 Å². The van der Waals surface area contributed by atoms with Crippen molar-refractivity contribution in [3.05, 3.63) is 29.6 Å². The first-order valence-electron chi connectivity index (χ1n) is 4.47. The summed E-state index contributed by atoms with van der Waals surface area (Å²) < 4.78 is 4.92. The Morgan fingerprint density at radius 3 is 2.94 bits per heavy atom. The molecule has 0 fully saturated rings. The third-order valence-corrected chi connectivity index (χ3v) is 3.76. The normalized spacial score (nSPS) is 10.0. The Morgan fingerprint density at radius 2 is 2.31 bits per heavy atom. The first kappa shape index (κ1) is 10.9. The first-order chi connectivity index (χ1) is 7.69. The molecule has 0 spiro atoms. The first-order valence-corrected chi connectivity index (χ1v) is 6.06. The minimum atomic E-state index is 0.595. The third-order valence-electron chi connectivity index (χ3n) is 1.85. The van der Waals surface area contributed by atoms with Gasteiger partial charge in [0.1, 0.15) is 5.82 Å². The van der Waals surface area contributed by atoms with Crippen molar-refractivity contribution >= 4 is 29.0 Å². The van der Waals surface area contributed by atoms with Crippen molar-refractivity contribution in [2.75, 3.05) is 5.73 Å². The highest BCUT2D eigenvalue weighted by Crippen LogP contribution is 2.33. The molecule has 1 aromatic heterocycles. The number of benzene rings is 1. The molecule has 2 aromatic rings. The van der Waals surface area contributed by atoms with Gasteiger partial charge in [0.05, 0.1) is 11.6 Å². The number of nitrogens with zero attached hydrogens (tertiary/aromatic N) is 3. The maximum absolute atomic E-state index is 8.80. The number of aryl methyl sites for hydroxylation is 1. The zero-order valence-electron chi connectivity index (χ0n) is 8.47. The molecule has 0 radical (unpaired) electrons. The van der Waals surface area contributed by atoms with Gasteiger partial charge >= 0.3 is 0 Å². The van der Waals surface area contributed by atoms with Crippen LogP contribution in [0.2, 0.25) is 0 Å². The molecule has 0 bridgehead atoms. The van der Waals surface area contributed by atoms with Crippen molar-refractivity contribution in [3.8, 4) is 6.07 Å². The summed E-state index contributed by atoms with van der Waals surface area (Å²) in [7, 11) is 0. The molecule has 0 aliphatic rings. The predicted molar refractivity (Wildman–Crippen MR) is 64.3 cm³/mol. The zero-order chi connectivity index (χ0) is 11.5. The number of nitrogens with two attached hydrogens (primary N) is 1. The number of anilines is 1. The maximum atomic E-state index is 8.80. The van der Waals surface area contributed by atoms with Crippen LogP contribution in [0, 0.1) is 18.3 Å². The van der Waals surface area contributed by atoms with Gasteiger partial charge in [-0.1, -0.05) is 11.8 Å². The summed E-state index contributed by atoms with van der Waals surface area (Å²) in [5.74, 6) is 0.752. The highest BCUT2D eigenvalue weighted by molar-refractivity contribution is 8.01. The molecule has 6 heteroatoms. The largest absolute Gasteiger partial charge is 0.398 e. The van der Waals surface area contributed by atoms with Crippen molar-refractivity contribution in [2.45, 2.75) is 16.2 Å².